The number of nitrogens with one attached hydrogen (secondary N) is 1. The van der Waals surface area contributed by atoms with Crippen molar-refractivity contribution < 1.29 is 9.84 Å². The van der Waals surface area contributed by atoms with Crippen molar-refractivity contribution in [2.45, 2.75) is 25.7 Å². The van der Waals surface area contributed by atoms with E-state index >= 15 is 0 Å². The average molecular weight is 292 g/mol. The van der Waals surface area contributed by atoms with E-state index in [1.165, 1.54) is 16.8 Å². The van der Waals surface area contributed by atoms with E-state index in [0.717, 1.165) is 0 Å². The molecule has 1 fully saturated rings. The summed E-state index contributed by atoms with van der Waals surface area (Å²) in [4.78, 5) is 24.6. The van der Waals surface area contributed by atoms with E-state index in [4.69, 9.17) is 9.84 Å². The molecule has 1 aromatic heterocycles. The number of thiol groups is 2. The molecule has 18 heavy (non-hydrogen) atoms. The highest BCUT2D eigenvalue weighted by molar-refractivity contribution is 8.59. The molecule has 1 aliphatic heterocycles. The first kappa shape index (κ1) is 15.4. The molecule has 2 heterocycles. The van der Waals surface area contributed by atoms with E-state index in [1.54, 1.807) is 0 Å². The van der Waals surface area contributed by atoms with Crippen LogP contribution in [-0.4, -0.2) is 27.4 Å². The second-order valence-corrected chi connectivity index (χ2v) is 4.06. The van der Waals surface area contributed by atoms with Crippen LogP contribution in [0.3, 0.4) is 0 Å². The van der Waals surface area contributed by atoms with Crippen LogP contribution in [0.5, 0.6) is 0 Å². The van der Waals surface area contributed by atoms with Crippen LogP contribution in [0, 0.1) is 5.92 Å². The molecule has 3 atom stereocenters. The Morgan fingerprint density at radius 1 is 1.56 bits per heavy atom. The van der Waals surface area contributed by atoms with Crippen molar-refractivity contribution >= 4 is 23.3 Å². The zero-order chi connectivity index (χ0) is 13.7. The van der Waals surface area contributed by atoms with E-state index in [9.17, 15) is 9.59 Å². The maximum Gasteiger partial charge on any atom is 0.330 e. The highest BCUT2D eigenvalue weighted by atomic mass is 33.1. The molecule has 6 nitrogen and oxygen atoms in total. The molecule has 0 bridgehead atoms. The fraction of sp³-hybridized carbons (Fsp3) is 0.600. The van der Waals surface area contributed by atoms with Crippen LogP contribution >= 0.6 is 23.3 Å². The molecule has 0 amide bonds. The zero-order valence-electron chi connectivity index (χ0n) is 9.81. The summed E-state index contributed by atoms with van der Waals surface area (Å²) in [6.07, 6.45) is 1.47. The average Bonchev–Trinajstić information content (AvgIpc) is 2.73. The largest absolute Gasteiger partial charge is 0.394 e. The summed E-state index contributed by atoms with van der Waals surface area (Å²) >= 11 is 6.44. The van der Waals surface area contributed by atoms with Gasteiger partial charge in [-0.2, -0.15) is 0 Å². The van der Waals surface area contributed by atoms with Gasteiger partial charge in [0.05, 0.1) is 12.7 Å². The van der Waals surface area contributed by atoms with E-state index in [2.05, 4.69) is 28.3 Å². The van der Waals surface area contributed by atoms with Gasteiger partial charge in [0.15, 0.2) is 0 Å². The third kappa shape index (κ3) is 3.41. The first-order chi connectivity index (χ1) is 8.61. The van der Waals surface area contributed by atoms with Crippen molar-refractivity contribution in [2.24, 2.45) is 5.92 Å². The molecule has 1 aliphatic rings. The number of ether oxygens (including phenoxy) is 1. The maximum absolute atomic E-state index is 11.5. The van der Waals surface area contributed by atoms with Gasteiger partial charge in [0.1, 0.15) is 6.23 Å². The van der Waals surface area contributed by atoms with E-state index < -0.39 is 17.5 Å². The molecule has 8 heteroatoms. The van der Waals surface area contributed by atoms with Crippen LogP contribution in [0.4, 0.5) is 0 Å². The first-order valence-corrected chi connectivity index (χ1v) is 6.99. The molecule has 3 unspecified atom stereocenters. The summed E-state index contributed by atoms with van der Waals surface area (Å²) in [5, 5.41) is 8.99. The highest BCUT2D eigenvalue weighted by Gasteiger charge is 2.33. The number of rotatable bonds is 2. The maximum atomic E-state index is 11.5. The second-order valence-electron chi connectivity index (χ2n) is 4.06. The number of aliphatic hydroxyl groups excluding tert-OH is 1. The van der Waals surface area contributed by atoms with Crippen molar-refractivity contribution in [2.75, 3.05) is 6.61 Å². The van der Waals surface area contributed by atoms with Gasteiger partial charge in [-0.1, -0.05) is 6.92 Å². The number of aromatic nitrogens is 2. The topological polar surface area (TPSA) is 84.3 Å². The molecule has 0 spiro atoms. The summed E-state index contributed by atoms with van der Waals surface area (Å²) in [7, 11) is 0. The third-order valence-corrected chi connectivity index (χ3v) is 2.78. The predicted octanol–water partition coefficient (Wildman–Crippen LogP) is 0.214. The zero-order valence-corrected chi connectivity index (χ0v) is 11.6. The Morgan fingerprint density at radius 2 is 2.22 bits per heavy atom. The highest BCUT2D eigenvalue weighted by Crippen LogP contribution is 2.32. The lowest BCUT2D eigenvalue weighted by molar-refractivity contribution is -0.0336. The fourth-order valence-corrected chi connectivity index (χ4v) is 2.00. The van der Waals surface area contributed by atoms with Crippen molar-refractivity contribution in [1.82, 2.24) is 9.55 Å². The lowest BCUT2D eigenvalue weighted by Gasteiger charge is -2.17. The number of nitrogens with zero attached hydrogens (tertiary/aromatic N) is 1. The molecular formula is C10H16N2O4S2. The lowest BCUT2D eigenvalue weighted by atomic mass is 10.1. The number of aromatic amines is 1. The van der Waals surface area contributed by atoms with Crippen LogP contribution in [-0.2, 0) is 4.74 Å². The molecule has 102 valence electrons. The van der Waals surface area contributed by atoms with Crippen LogP contribution in [0.2, 0.25) is 0 Å². The summed E-state index contributed by atoms with van der Waals surface area (Å²) in [6.45, 7) is 1.89. The normalized spacial score (nSPS) is 26.6. The minimum Gasteiger partial charge on any atom is -0.394 e. The Hall–Kier alpha value is -0.700. The molecule has 0 radical (unpaired) electrons. The van der Waals surface area contributed by atoms with Gasteiger partial charge in [0.2, 0.25) is 0 Å². The summed E-state index contributed by atoms with van der Waals surface area (Å²) in [6, 6.07) is 1.28. The summed E-state index contributed by atoms with van der Waals surface area (Å²) in [5.74, 6) is 0.126. The molecule has 0 aliphatic carbocycles. The van der Waals surface area contributed by atoms with Gasteiger partial charge in [-0.15, -0.1) is 23.3 Å². The SMILES string of the molecule is CC1CC(CO)OC1n1ccc(=O)[nH]c1=O.SS. The van der Waals surface area contributed by atoms with Crippen molar-refractivity contribution in [1.29, 1.82) is 0 Å². The van der Waals surface area contributed by atoms with E-state index in [1.807, 2.05) is 6.92 Å². The second kappa shape index (κ2) is 7.03. The minimum atomic E-state index is -0.483. The molecule has 2 rings (SSSR count). The van der Waals surface area contributed by atoms with Gasteiger partial charge in [0.25, 0.3) is 5.56 Å². The Balaban J connectivity index is 0.000000771. The van der Waals surface area contributed by atoms with Crippen LogP contribution in [0.25, 0.3) is 0 Å². The minimum absolute atomic E-state index is 0.0566. The fourth-order valence-electron chi connectivity index (χ4n) is 2.00. The molecule has 0 aromatic carbocycles. The number of H-pyrrole nitrogens is 1. The number of hydrogen-bond donors (Lipinski definition) is 4. The van der Waals surface area contributed by atoms with Gasteiger partial charge >= 0.3 is 5.69 Å². The quantitative estimate of drug-likeness (QED) is 0.464. The summed E-state index contributed by atoms with van der Waals surface area (Å²) < 4.78 is 6.87. The van der Waals surface area contributed by atoms with Gasteiger partial charge in [-0.25, -0.2) is 4.79 Å². The van der Waals surface area contributed by atoms with Gasteiger partial charge in [-0.05, 0) is 6.42 Å². The van der Waals surface area contributed by atoms with Crippen molar-refractivity contribution in [3.05, 3.63) is 33.1 Å². The Kier molecular flexibility index (Phi) is 6.00. The van der Waals surface area contributed by atoms with Crippen LogP contribution in [0.1, 0.15) is 19.6 Å². The van der Waals surface area contributed by atoms with Crippen LogP contribution in [0.15, 0.2) is 21.9 Å². The Bertz CT molecular complexity index is 487. The van der Waals surface area contributed by atoms with Crippen LogP contribution < -0.4 is 11.2 Å². The molecular weight excluding hydrogens is 276 g/mol. The standard InChI is InChI=1S/C10H14N2O4.H2S2/c1-6-4-7(5-13)16-9(6)12-3-2-8(14)11-10(12)15;1-2/h2-3,6-7,9,13H,4-5H2,1H3,(H,11,14,15);1-2H. The van der Waals surface area contributed by atoms with Crippen molar-refractivity contribution in [3.8, 4) is 0 Å². The van der Waals surface area contributed by atoms with Gasteiger partial charge < -0.3 is 9.84 Å². The van der Waals surface area contributed by atoms with E-state index in [0.29, 0.717) is 6.42 Å². The Labute approximate surface area is 114 Å². The third-order valence-electron chi connectivity index (χ3n) is 2.78. The monoisotopic (exact) mass is 292 g/mol. The van der Waals surface area contributed by atoms with E-state index in [-0.39, 0.29) is 18.6 Å². The molecule has 1 aromatic rings. The molecule has 1 saturated heterocycles. The molecule has 2 N–H and O–H groups in total. The first-order valence-electron chi connectivity index (χ1n) is 5.39. The van der Waals surface area contributed by atoms with Gasteiger partial charge in [-0.3, -0.25) is 14.3 Å². The number of aliphatic hydroxyl groups is 1. The lowest BCUT2D eigenvalue weighted by Crippen LogP contribution is -2.33. The Morgan fingerprint density at radius 3 is 2.72 bits per heavy atom. The predicted molar refractivity (Wildman–Crippen MR) is 74.1 cm³/mol. The molecule has 0 saturated carbocycles. The summed E-state index contributed by atoms with van der Waals surface area (Å²) in [5.41, 5.74) is -0.909. The van der Waals surface area contributed by atoms with Gasteiger partial charge in [0, 0.05) is 18.2 Å². The van der Waals surface area contributed by atoms with Crippen molar-refractivity contribution in [3.63, 3.8) is 0 Å². The number of hydrogen-bond acceptors (Lipinski definition) is 6. The smallest absolute Gasteiger partial charge is 0.330 e.